The van der Waals surface area contributed by atoms with E-state index in [2.05, 4.69) is 25.2 Å². The van der Waals surface area contributed by atoms with Crippen molar-refractivity contribution in [3.8, 4) is 5.75 Å². The second kappa shape index (κ2) is 7.14. The molecule has 2 N–H and O–H groups in total. The lowest BCUT2D eigenvalue weighted by molar-refractivity contribution is -0.121. The molecule has 0 spiro atoms. The summed E-state index contributed by atoms with van der Waals surface area (Å²) in [5, 5.41) is 13.4. The van der Waals surface area contributed by atoms with Crippen molar-refractivity contribution in [3.05, 3.63) is 28.8 Å². The van der Waals surface area contributed by atoms with Crippen LogP contribution in [0.3, 0.4) is 0 Å². The van der Waals surface area contributed by atoms with Crippen molar-refractivity contribution in [2.45, 2.75) is 65.0 Å². The molecule has 0 saturated heterocycles. The summed E-state index contributed by atoms with van der Waals surface area (Å²) in [5.41, 5.74) is 3.02. The fourth-order valence-corrected chi connectivity index (χ4v) is 2.81. The average molecular weight is 305 g/mol. The maximum Gasteiger partial charge on any atom is 0.220 e. The molecule has 0 fully saturated rings. The molecule has 22 heavy (non-hydrogen) atoms. The zero-order valence-electron chi connectivity index (χ0n) is 14.0. The third-order valence-corrected chi connectivity index (χ3v) is 4.27. The molecule has 1 aliphatic heterocycles. The van der Waals surface area contributed by atoms with Crippen LogP contribution in [-0.2, 0) is 4.79 Å². The molecule has 1 aromatic rings. The zero-order chi connectivity index (χ0) is 16.3. The van der Waals surface area contributed by atoms with Gasteiger partial charge < -0.3 is 15.2 Å². The Morgan fingerprint density at radius 3 is 2.73 bits per heavy atom. The van der Waals surface area contributed by atoms with Crippen molar-refractivity contribution >= 4 is 5.91 Å². The Morgan fingerprint density at radius 1 is 1.41 bits per heavy atom. The third kappa shape index (κ3) is 3.43. The fourth-order valence-electron chi connectivity index (χ4n) is 2.81. The van der Waals surface area contributed by atoms with Gasteiger partial charge in [0.05, 0.1) is 18.8 Å². The number of fused-ring (bicyclic) bond motifs is 1. The van der Waals surface area contributed by atoms with Gasteiger partial charge in [-0.25, -0.2) is 0 Å². The molecule has 1 heterocycles. The van der Waals surface area contributed by atoms with E-state index >= 15 is 0 Å². The Bertz CT molecular complexity index is 539. The van der Waals surface area contributed by atoms with Crippen molar-refractivity contribution in [2.75, 3.05) is 6.61 Å². The van der Waals surface area contributed by atoms with Crippen LogP contribution in [0.25, 0.3) is 0 Å². The van der Waals surface area contributed by atoms with Gasteiger partial charge in [-0.2, -0.15) is 0 Å². The number of rotatable bonds is 5. The summed E-state index contributed by atoms with van der Waals surface area (Å²) in [4.78, 5) is 11.8. The van der Waals surface area contributed by atoms with Gasteiger partial charge in [-0.05, 0) is 30.0 Å². The van der Waals surface area contributed by atoms with E-state index in [1.807, 2.05) is 19.9 Å². The highest BCUT2D eigenvalue weighted by Crippen LogP contribution is 2.40. The van der Waals surface area contributed by atoms with Gasteiger partial charge >= 0.3 is 0 Å². The third-order valence-electron chi connectivity index (χ3n) is 4.27. The summed E-state index contributed by atoms with van der Waals surface area (Å²) in [6, 6.07) is 4.13. The van der Waals surface area contributed by atoms with E-state index in [9.17, 15) is 9.90 Å². The van der Waals surface area contributed by atoms with E-state index in [1.54, 1.807) is 0 Å². The molecule has 0 aliphatic carbocycles. The predicted octanol–water partition coefficient (Wildman–Crippen LogP) is 3.60. The lowest BCUT2D eigenvalue weighted by Gasteiger charge is -2.30. The van der Waals surface area contributed by atoms with Crippen LogP contribution in [0.2, 0.25) is 0 Å². The molecule has 0 aromatic heterocycles. The fraction of sp³-hybridized carbons (Fsp3) is 0.611. The average Bonchev–Trinajstić information content (AvgIpc) is 2.53. The molecular formula is C18H27NO3. The lowest BCUT2D eigenvalue weighted by atomic mass is 9.89. The van der Waals surface area contributed by atoms with Crippen molar-refractivity contribution in [1.29, 1.82) is 0 Å². The Balaban J connectivity index is 2.49. The molecule has 0 bridgehead atoms. The minimum absolute atomic E-state index is 0.0299. The van der Waals surface area contributed by atoms with Gasteiger partial charge in [0.1, 0.15) is 5.75 Å². The van der Waals surface area contributed by atoms with E-state index in [1.165, 1.54) is 5.56 Å². The number of hydrogen-bond donors (Lipinski definition) is 2. The van der Waals surface area contributed by atoms with Crippen LogP contribution >= 0.6 is 0 Å². The number of carbonyl (C=O) groups excluding carboxylic acids is 1. The molecule has 4 heteroatoms. The minimum Gasteiger partial charge on any atom is -0.493 e. The summed E-state index contributed by atoms with van der Waals surface area (Å²) in [5.74, 6) is 1.16. The Kier molecular flexibility index (Phi) is 5.46. The number of amides is 1. The molecule has 2 atom stereocenters. The van der Waals surface area contributed by atoms with Crippen LogP contribution < -0.4 is 10.1 Å². The van der Waals surface area contributed by atoms with Crippen LogP contribution in [0.5, 0.6) is 5.75 Å². The van der Waals surface area contributed by atoms with E-state index in [0.29, 0.717) is 25.4 Å². The minimum atomic E-state index is -0.534. The maximum absolute atomic E-state index is 11.8. The first-order valence-electron chi connectivity index (χ1n) is 8.25. The van der Waals surface area contributed by atoms with Crippen LogP contribution in [0.4, 0.5) is 0 Å². The van der Waals surface area contributed by atoms with E-state index in [-0.39, 0.29) is 11.9 Å². The number of aliphatic hydroxyl groups is 1. The van der Waals surface area contributed by atoms with E-state index in [0.717, 1.165) is 23.3 Å². The molecule has 2 rings (SSSR count). The van der Waals surface area contributed by atoms with E-state index < -0.39 is 6.10 Å². The maximum atomic E-state index is 11.8. The first-order chi connectivity index (χ1) is 10.5. The topological polar surface area (TPSA) is 58.6 Å². The first kappa shape index (κ1) is 16.8. The number of hydrogen-bond acceptors (Lipinski definition) is 3. The van der Waals surface area contributed by atoms with Crippen LogP contribution in [-0.4, -0.2) is 17.6 Å². The van der Waals surface area contributed by atoms with Gasteiger partial charge in [0, 0.05) is 24.0 Å². The summed E-state index contributed by atoms with van der Waals surface area (Å²) < 4.78 is 5.85. The largest absolute Gasteiger partial charge is 0.493 e. The molecule has 2 unspecified atom stereocenters. The highest BCUT2D eigenvalue weighted by atomic mass is 16.5. The number of nitrogens with one attached hydrogen (secondary N) is 1. The first-order valence-corrected chi connectivity index (χ1v) is 8.25. The normalized spacial score (nSPS) is 18.5. The van der Waals surface area contributed by atoms with Crippen molar-refractivity contribution in [2.24, 2.45) is 0 Å². The second-order valence-electron chi connectivity index (χ2n) is 6.22. The van der Waals surface area contributed by atoms with E-state index in [4.69, 9.17) is 4.74 Å². The summed E-state index contributed by atoms with van der Waals surface area (Å²) >= 11 is 0. The van der Waals surface area contributed by atoms with Crippen molar-refractivity contribution < 1.29 is 14.6 Å². The molecular weight excluding hydrogens is 278 g/mol. The summed E-state index contributed by atoms with van der Waals surface area (Å²) in [7, 11) is 0. The number of benzene rings is 1. The standard InChI is InChI=1S/C18H27NO3/c1-5-16(20)14-10-12(11(3)4)9-13-15(19-17(21)6-2)7-8-22-18(13)14/h9-11,15-16,20H,5-8H2,1-4H3,(H,19,21). The van der Waals surface area contributed by atoms with Gasteiger partial charge in [-0.15, -0.1) is 0 Å². The molecule has 1 aromatic carbocycles. The van der Waals surface area contributed by atoms with Crippen LogP contribution in [0.1, 0.15) is 81.7 Å². The predicted molar refractivity (Wildman–Crippen MR) is 87.1 cm³/mol. The number of ether oxygens (including phenoxy) is 1. The van der Waals surface area contributed by atoms with Crippen molar-refractivity contribution in [1.82, 2.24) is 5.32 Å². The molecule has 0 radical (unpaired) electrons. The number of aliphatic hydroxyl groups excluding tert-OH is 1. The summed E-state index contributed by atoms with van der Waals surface area (Å²) in [6.45, 7) is 8.64. The Labute approximate surface area is 132 Å². The SMILES string of the molecule is CCC(=O)NC1CCOc2c(C(O)CC)cc(C(C)C)cc21. The van der Waals surface area contributed by atoms with Crippen LogP contribution in [0, 0.1) is 0 Å². The van der Waals surface area contributed by atoms with Gasteiger partial charge in [-0.3, -0.25) is 4.79 Å². The van der Waals surface area contributed by atoms with Gasteiger partial charge in [0.25, 0.3) is 0 Å². The van der Waals surface area contributed by atoms with Gasteiger partial charge in [-0.1, -0.05) is 27.7 Å². The molecule has 0 saturated carbocycles. The molecule has 4 nitrogen and oxygen atoms in total. The Hall–Kier alpha value is -1.55. The molecule has 122 valence electrons. The second-order valence-corrected chi connectivity index (χ2v) is 6.22. The summed E-state index contributed by atoms with van der Waals surface area (Å²) in [6.07, 6.45) is 1.35. The highest BCUT2D eigenvalue weighted by Gasteiger charge is 2.28. The van der Waals surface area contributed by atoms with Crippen molar-refractivity contribution in [3.63, 3.8) is 0 Å². The Morgan fingerprint density at radius 2 is 2.14 bits per heavy atom. The van der Waals surface area contributed by atoms with Crippen LogP contribution in [0.15, 0.2) is 12.1 Å². The zero-order valence-corrected chi connectivity index (χ0v) is 14.0. The smallest absolute Gasteiger partial charge is 0.220 e. The van der Waals surface area contributed by atoms with Gasteiger partial charge in [0.2, 0.25) is 5.91 Å². The quantitative estimate of drug-likeness (QED) is 0.874. The lowest BCUT2D eigenvalue weighted by Crippen LogP contribution is -2.32. The van der Waals surface area contributed by atoms with Gasteiger partial charge in [0.15, 0.2) is 0 Å². The number of carbonyl (C=O) groups is 1. The molecule has 1 amide bonds. The monoisotopic (exact) mass is 305 g/mol. The highest BCUT2D eigenvalue weighted by molar-refractivity contribution is 5.76. The molecule has 1 aliphatic rings.